The van der Waals surface area contributed by atoms with Gasteiger partial charge in [0, 0.05) is 31.9 Å². The standard InChI is InChI=1S/C20H22N4O3/c1-13-12-14(8-9-17(13)23(2)3)21-18(25)10-11-24-20(27)16-7-5-4-6-15(16)19(26)22-24/h4-9,12H,10-11H2,1-3H3,(H,21,25)(H,22,26). The van der Waals surface area contributed by atoms with Crippen molar-refractivity contribution in [1.29, 1.82) is 0 Å². The molecule has 0 saturated heterocycles. The molecule has 1 amide bonds. The molecule has 0 aliphatic rings. The van der Waals surface area contributed by atoms with Gasteiger partial charge in [-0.3, -0.25) is 19.5 Å². The summed E-state index contributed by atoms with van der Waals surface area (Å²) in [5.74, 6) is -0.229. The third-order valence-corrected chi connectivity index (χ3v) is 4.41. The van der Waals surface area contributed by atoms with Gasteiger partial charge in [-0.1, -0.05) is 12.1 Å². The molecule has 0 fully saturated rings. The number of amides is 1. The molecule has 27 heavy (non-hydrogen) atoms. The quantitative estimate of drug-likeness (QED) is 0.724. The number of aryl methyl sites for hydroxylation is 2. The first-order chi connectivity index (χ1) is 12.9. The smallest absolute Gasteiger partial charge is 0.273 e. The summed E-state index contributed by atoms with van der Waals surface area (Å²) in [7, 11) is 3.92. The zero-order valence-electron chi connectivity index (χ0n) is 15.6. The largest absolute Gasteiger partial charge is 0.377 e. The average molecular weight is 366 g/mol. The Morgan fingerprint density at radius 1 is 1.11 bits per heavy atom. The van der Waals surface area contributed by atoms with Gasteiger partial charge in [-0.15, -0.1) is 0 Å². The third-order valence-electron chi connectivity index (χ3n) is 4.41. The molecule has 2 N–H and O–H groups in total. The van der Waals surface area contributed by atoms with E-state index < -0.39 is 0 Å². The number of aromatic amines is 1. The van der Waals surface area contributed by atoms with Gasteiger partial charge >= 0.3 is 0 Å². The number of fused-ring (bicyclic) bond motifs is 1. The van der Waals surface area contributed by atoms with E-state index in [9.17, 15) is 14.4 Å². The number of H-pyrrole nitrogens is 1. The Hall–Kier alpha value is -3.35. The summed E-state index contributed by atoms with van der Waals surface area (Å²) in [6, 6.07) is 12.3. The van der Waals surface area contributed by atoms with E-state index in [1.54, 1.807) is 24.3 Å². The number of anilines is 2. The summed E-state index contributed by atoms with van der Waals surface area (Å²) < 4.78 is 1.19. The third kappa shape index (κ3) is 3.92. The van der Waals surface area contributed by atoms with Crippen molar-refractivity contribution in [3.05, 3.63) is 68.7 Å². The van der Waals surface area contributed by atoms with Gasteiger partial charge in [-0.25, -0.2) is 4.68 Å². The van der Waals surface area contributed by atoms with Gasteiger partial charge in [0.1, 0.15) is 0 Å². The Kier molecular flexibility index (Phi) is 5.12. The minimum Gasteiger partial charge on any atom is -0.377 e. The van der Waals surface area contributed by atoms with Crippen LogP contribution in [0.3, 0.4) is 0 Å². The lowest BCUT2D eigenvalue weighted by molar-refractivity contribution is -0.116. The molecule has 3 rings (SSSR count). The Morgan fingerprint density at radius 2 is 1.81 bits per heavy atom. The molecule has 140 valence electrons. The highest BCUT2D eigenvalue weighted by Gasteiger charge is 2.09. The van der Waals surface area contributed by atoms with Crippen molar-refractivity contribution in [3.8, 4) is 0 Å². The van der Waals surface area contributed by atoms with Crippen molar-refractivity contribution in [2.24, 2.45) is 0 Å². The van der Waals surface area contributed by atoms with E-state index in [2.05, 4.69) is 10.4 Å². The molecule has 2 aromatic carbocycles. The number of aromatic nitrogens is 2. The number of nitrogens with one attached hydrogen (secondary N) is 2. The second kappa shape index (κ2) is 7.49. The maximum Gasteiger partial charge on any atom is 0.273 e. The fourth-order valence-electron chi connectivity index (χ4n) is 3.08. The Labute approximate surface area is 156 Å². The van der Waals surface area contributed by atoms with Gasteiger partial charge in [-0.2, -0.15) is 0 Å². The van der Waals surface area contributed by atoms with Crippen molar-refractivity contribution >= 4 is 28.1 Å². The van der Waals surface area contributed by atoms with Gasteiger partial charge in [0.15, 0.2) is 0 Å². The van der Waals surface area contributed by atoms with Gasteiger partial charge in [0.05, 0.1) is 17.3 Å². The number of carbonyl (C=O) groups excluding carboxylic acids is 1. The molecule has 7 heteroatoms. The highest BCUT2D eigenvalue weighted by molar-refractivity contribution is 5.91. The Balaban J connectivity index is 1.72. The van der Waals surface area contributed by atoms with Crippen LogP contribution in [-0.4, -0.2) is 29.8 Å². The summed E-state index contributed by atoms with van der Waals surface area (Å²) >= 11 is 0. The summed E-state index contributed by atoms with van der Waals surface area (Å²) in [5.41, 5.74) is 2.16. The maximum absolute atomic E-state index is 12.5. The van der Waals surface area contributed by atoms with Crippen molar-refractivity contribution in [2.75, 3.05) is 24.3 Å². The van der Waals surface area contributed by atoms with Gasteiger partial charge < -0.3 is 10.2 Å². The van der Waals surface area contributed by atoms with Crippen LogP contribution >= 0.6 is 0 Å². The van der Waals surface area contributed by atoms with E-state index in [0.717, 1.165) is 11.3 Å². The van der Waals surface area contributed by atoms with Crippen LogP contribution in [0, 0.1) is 6.92 Å². The maximum atomic E-state index is 12.5. The van der Waals surface area contributed by atoms with Crippen LogP contribution in [0.1, 0.15) is 12.0 Å². The van der Waals surface area contributed by atoms with Crippen LogP contribution in [0.4, 0.5) is 11.4 Å². The Morgan fingerprint density at radius 3 is 2.48 bits per heavy atom. The summed E-state index contributed by atoms with van der Waals surface area (Å²) in [4.78, 5) is 38.8. The zero-order valence-corrected chi connectivity index (χ0v) is 15.6. The second-order valence-corrected chi connectivity index (χ2v) is 6.64. The molecule has 0 radical (unpaired) electrons. The molecule has 7 nitrogen and oxygen atoms in total. The zero-order chi connectivity index (χ0) is 19.6. The minimum atomic E-state index is -0.347. The topological polar surface area (TPSA) is 87.2 Å². The van der Waals surface area contributed by atoms with Crippen molar-refractivity contribution < 1.29 is 4.79 Å². The fraction of sp³-hybridized carbons (Fsp3) is 0.250. The SMILES string of the molecule is Cc1cc(NC(=O)CCn2[nH]c(=O)c3ccccc3c2=O)ccc1N(C)C. The summed E-state index contributed by atoms with van der Waals surface area (Å²) in [6.45, 7) is 2.07. The average Bonchev–Trinajstić information content (AvgIpc) is 2.63. The van der Waals surface area contributed by atoms with Gasteiger partial charge in [-0.05, 0) is 42.8 Å². The number of hydrogen-bond acceptors (Lipinski definition) is 4. The molecule has 0 unspecified atom stereocenters. The number of carbonyl (C=O) groups is 1. The number of benzene rings is 2. The molecule has 0 atom stereocenters. The van der Waals surface area contributed by atoms with E-state index >= 15 is 0 Å². The predicted molar refractivity (Wildman–Crippen MR) is 108 cm³/mol. The molecular weight excluding hydrogens is 344 g/mol. The summed E-state index contributed by atoms with van der Waals surface area (Å²) in [6.07, 6.45) is 0.0721. The molecule has 1 heterocycles. The van der Waals surface area contributed by atoms with Crippen molar-refractivity contribution in [3.63, 3.8) is 0 Å². The first-order valence-electron chi connectivity index (χ1n) is 8.66. The van der Waals surface area contributed by atoms with Crippen LogP contribution in [0.5, 0.6) is 0 Å². The molecule has 0 bridgehead atoms. The fourth-order valence-corrected chi connectivity index (χ4v) is 3.08. The van der Waals surface area contributed by atoms with Crippen LogP contribution in [0.2, 0.25) is 0 Å². The minimum absolute atomic E-state index is 0.0721. The molecule has 0 aliphatic heterocycles. The van der Waals surface area contributed by atoms with Crippen LogP contribution in [0.15, 0.2) is 52.1 Å². The number of hydrogen-bond donors (Lipinski definition) is 2. The number of nitrogens with zero attached hydrogens (tertiary/aromatic N) is 2. The monoisotopic (exact) mass is 366 g/mol. The lowest BCUT2D eigenvalue weighted by Gasteiger charge is -2.16. The van der Waals surface area contributed by atoms with Gasteiger partial charge in [0.2, 0.25) is 5.91 Å². The predicted octanol–water partition coefficient (Wildman–Crippen LogP) is 2.09. The molecule has 0 spiro atoms. The summed E-state index contributed by atoms with van der Waals surface area (Å²) in [5, 5.41) is 6.05. The molecule has 3 aromatic rings. The molecule has 0 aliphatic carbocycles. The highest BCUT2D eigenvalue weighted by atomic mass is 16.2. The van der Waals surface area contributed by atoms with Crippen LogP contribution < -0.4 is 21.3 Å². The van der Waals surface area contributed by atoms with E-state index in [4.69, 9.17) is 0 Å². The highest BCUT2D eigenvalue weighted by Crippen LogP contribution is 2.21. The van der Waals surface area contributed by atoms with E-state index in [-0.39, 0.29) is 30.0 Å². The number of rotatable bonds is 5. The normalized spacial score (nSPS) is 10.8. The second-order valence-electron chi connectivity index (χ2n) is 6.64. The van der Waals surface area contributed by atoms with Crippen molar-refractivity contribution in [1.82, 2.24) is 9.78 Å². The van der Waals surface area contributed by atoms with Crippen LogP contribution in [-0.2, 0) is 11.3 Å². The van der Waals surface area contributed by atoms with E-state index in [1.165, 1.54) is 4.68 Å². The molecule has 1 aromatic heterocycles. The van der Waals surface area contributed by atoms with Crippen molar-refractivity contribution in [2.45, 2.75) is 19.9 Å². The lowest BCUT2D eigenvalue weighted by Crippen LogP contribution is -2.31. The first kappa shape index (κ1) is 18.4. The molecular formula is C20H22N4O3. The Bertz CT molecular complexity index is 1110. The first-order valence-corrected chi connectivity index (χ1v) is 8.66. The van der Waals surface area contributed by atoms with E-state index in [0.29, 0.717) is 16.5 Å². The molecule has 0 saturated carbocycles. The van der Waals surface area contributed by atoms with Gasteiger partial charge in [0.25, 0.3) is 11.1 Å². The van der Waals surface area contributed by atoms with E-state index in [1.807, 2.05) is 44.1 Å². The van der Waals surface area contributed by atoms with Crippen LogP contribution in [0.25, 0.3) is 10.8 Å². The lowest BCUT2D eigenvalue weighted by atomic mass is 10.1.